The van der Waals surface area contributed by atoms with E-state index in [0.717, 1.165) is 35.4 Å². The lowest BCUT2D eigenvalue weighted by Crippen LogP contribution is -2.72. The molecule has 2 unspecified atom stereocenters. The van der Waals surface area contributed by atoms with Gasteiger partial charge in [-0.3, -0.25) is 9.59 Å². The molecule has 0 spiro atoms. The second kappa shape index (κ2) is 14.3. The number of benzene rings is 1. The average Bonchev–Trinajstić information content (AvgIpc) is 2.86. The predicted molar refractivity (Wildman–Crippen MR) is 139 cm³/mol. The molecule has 2 atom stereocenters. The normalized spacial score (nSPS) is 17.6. The fourth-order valence-electron chi connectivity index (χ4n) is 4.55. The van der Waals surface area contributed by atoms with Crippen molar-refractivity contribution in [1.29, 1.82) is 0 Å². The summed E-state index contributed by atoms with van der Waals surface area (Å²) < 4.78 is 11.0. The van der Waals surface area contributed by atoms with Gasteiger partial charge in [0.2, 0.25) is 11.8 Å². The van der Waals surface area contributed by atoms with Crippen LogP contribution in [-0.2, 0) is 19.1 Å². The Kier molecular flexibility index (Phi) is 11.8. The van der Waals surface area contributed by atoms with Crippen molar-refractivity contribution in [3.05, 3.63) is 35.4 Å². The zero-order valence-corrected chi connectivity index (χ0v) is 22.8. The maximum Gasteiger partial charge on any atom is 0.326 e. The van der Waals surface area contributed by atoms with Gasteiger partial charge in [0.15, 0.2) is 6.23 Å². The molecule has 1 aromatic carbocycles. The molecule has 1 aliphatic rings. The second-order valence-corrected chi connectivity index (χ2v) is 9.55. The Bertz CT molecular complexity index is 856. The summed E-state index contributed by atoms with van der Waals surface area (Å²) in [5.41, 5.74) is 1.33. The van der Waals surface area contributed by atoms with Crippen molar-refractivity contribution in [3.63, 3.8) is 0 Å². The molecular formula is C27H44N4O5. The molecule has 1 aromatic rings. The minimum absolute atomic E-state index is 0.215. The molecular weight excluding hydrogens is 460 g/mol. The van der Waals surface area contributed by atoms with E-state index in [4.69, 9.17) is 9.47 Å². The smallest absolute Gasteiger partial charge is 0.326 e. The zero-order valence-electron chi connectivity index (χ0n) is 22.8. The standard InChI is InChI=1S/C27H44N4O5/c1-7-10-22(21-13-11-20(4)12-14-21)29-26(34)31-24(33)27(8-2,9-3)25(31)36-19-23(32)28-15-16-30(5)17-18-35-6/h11-14,22,25H,7-10,15-19H2,1-6H3,(H,28,32)(H,29,34). The number of carbonyl (C=O) groups is 3. The molecule has 202 valence electrons. The number of likely N-dealkylation sites (tertiary alicyclic amines) is 1. The van der Waals surface area contributed by atoms with Crippen LogP contribution < -0.4 is 10.6 Å². The maximum atomic E-state index is 13.3. The molecule has 9 heteroatoms. The number of hydrogen-bond donors (Lipinski definition) is 2. The monoisotopic (exact) mass is 504 g/mol. The Labute approximate surface area is 215 Å². The first-order valence-electron chi connectivity index (χ1n) is 13.0. The molecule has 36 heavy (non-hydrogen) atoms. The summed E-state index contributed by atoms with van der Waals surface area (Å²) >= 11 is 0. The van der Waals surface area contributed by atoms with Gasteiger partial charge in [-0.2, -0.15) is 0 Å². The Morgan fingerprint density at radius 3 is 2.39 bits per heavy atom. The molecule has 0 radical (unpaired) electrons. The fraction of sp³-hybridized carbons (Fsp3) is 0.667. The minimum atomic E-state index is -0.803. The van der Waals surface area contributed by atoms with Crippen molar-refractivity contribution in [1.82, 2.24) is 20.4 Å². The van der Waals surface area contributed by atoms with Crippen LogP contribution in [0.4, 0.5) is 4.79 Å². The van der Waals surface area contributed by atoms with Gasteiger partial charge in [-0.25, -0.2) is 9.69 Å². The Morgan fingerprint density at radius 2 is 1.81 bits per heavy atom. The van der Waals surface area contributed by atoms with Gasteiger partial charge in [0, 0.05) is 26.7 Å². The highest BCUT2D eigenvalue weighted by molar-refractivity contribution is 6.03. The van der Waals surface area contributed by atoms with Crippen LogP contribution in [0.25, 0.3) is 0 Å². The van der Waals surface area contributed by atoms with Crippen molar-refractivity contribution in [2.24, 2.45) is 5.41 Å². The first kappa shape index (κ1) is 29.7. The molecule has 4 amide bonds. The van der Waals surface area contributed by atoms with Gasteiger partial charge < -0.3 is 25.0 Å². The van der Waals surface area contributed by atoms with Crippen molar-refractivity contribution >= 4 is 17.8 Å². The Morgan fingerprint density at radius 1 is 1.14 bits per heavy atom. The summed E-state index contributed by atoms with van der Waals surface area (Å²) in [7, 11) is 3.61. The van der Waals surface area contributed by atoms with Gasteiger partial charge in [0.1, 0.15) is 6.61 Å². The second-order valence-electron chi connectivity index (χ2n) is 9.55. The summed E-state index contributed by atoms with van der Waals surface area (Å²) in [6, 6.07) is 7.33. The lowest BCUT2D eigenvalue weighted by Gasteiger charge is -2.53. The molecule has 1 heterocycles. The lowest BCUT2D eigenvalue weighted by atomic mass is 9.72. The van der Waals surface area contributed by atoms with Crippen LogP contribution in [0.15, 0.2) is 24.3 Å². The van der Waals surface area contributed by atoms with E-state index in [9.17, 15) is 14.4 Å². The maximum absolute atomic E-state index is 13.3. The number of rotatable bonds is 15. The van der Waals surface area contributed by atoms with Crippen LogP contribution in [0, 0.1) is 12.3 Å². The summed E-state index contributed by atoms with van der Waals surface area (Å²) in [6.07, 6.45) is 1.89. The number of amides is 4. The van der Waals surface area contributed by atoms with Gasteiger partial charge in [-0.05, 0) is 38.8 Å². The highest BCUT2D eigenvalue weighted by Gasteiger charge is 2.62. The molecule has 1 fully saturated rings. The molecule has 9 nitrogen and oxygen atoms in total. The van der Waals surface area contributed by atoms with Crippen LogP contribution >= 0.6 is 0 Å². The number of hydrogen-bond acceptors (Lipinski definition) is 6. The summed E-state index contributed by atoms with van der Waals surface area (Å²) in [5.74, 6) is -0.534. The molecule has 1 saturated heterocycles. The third kappa shape index (κ3) is 7.27. The Balaban J connectivity index is 2.02. The van der Waals surface area contributed by atoms with Crippen LogP contribution in [0.2, 0.25) is 0 Å². The average molecular weight is 505 g/mol. The lowest BCUT2D eigenvalue weighted by molar-refractivity contribution is -0.210. The predicted octanol–water partition coefficient (Wildman–Crippen LogP) is 3.23. The van der Waals surface area contributed by atoms with Gasteiger partial charge in [-0.1, -0.05) is 57.0 Å². The first-order chi connectivity index (χ1) is 17.2. The Hall–Kier alpha value is -2.49. The zero-order chi connectivity index (χ0) is 26.7. The van der Waals surface area contributed by atoms with E-state index in [1.807, 2.05) is 52.1 Å². The van der Waals surface area contributed by atoms with Crippen LogP contribution in [0.5, 0.6) is 0 Å². The van der Waals surface area contributed by atoms with E-state index in [2.05, 4.69) is 22.5 Å². The summed E-state index contributed by atoms with van der Waals surface area (Å²) in [5, 5.41) is 5.86. The van der Waals surface area contributed by atoms with Crippen LogP contribution in [0.1, 0.15) is 63.6 Å². The molecule has 2 N–H and O–H groups in total. The number of methoxy groups -OCH3 is 1. The number of imide groups is 1. The van der Waals surface area contributed by atoms with E-state index < -0.39 is 17.7 Å². The van der Waals surface area contributed by atoms with Crippen molar-refractivity contribution in [2.45, 2.75) is 65.6 Å². The minimum Gasteiger partial charge on any atom is -0.383 e. The van der Waals surface area contributed by atoms with E-state index in [1.54, 1.807) is 7.11 Å². The largest absolute Gasteiger partial charge is 0.383 e. The number of likely N-dealkylation sites (N-methyl/N-ethyl adjacent to an activating group) is 1. The number of carbonyl (C=O) groups excluding carboxylic acids is 3. The number of ether oxygens (including phenoxy) is 2. The number of aryl methyl sites for hydroxylation is 1. The summed E-state index contributed by atoms with van der Waals surface area (Å²) in [4.78, 5) is 42.1. The van der Waals surface area contributed by atoms with Crippen LogP contribution in [0.3, 0.4) is 0 Å². The molecule has 1 aliphatic heterocycles. The molecule has 0 bridgehead atoms. The summed E-state index contributed by atoms with van der Waals surface area (Å²) in [6.45, 7) is 10.2. The SMILES string of the molecule is CCCC(NC(=O)N1C(=O)C(CC)(CC)C1OCC(=O)NCCN(C)CCOC)c1ccc(C)cc1. The number of β-lactam (4-membered cyclic amide) rings is 1. The van der Waals surface area contributed by atoms with E-state index >= 15 is 0 Å². The van der Waals surface area contributed by atoms with Crippen molar-refractivity contribution in [2.75, 3.05) is 47.0 Å². The van der Waals surface area contributed by atoms with Crippen molar-refractivity contribution in [3.8, 4) is 0 Å². The molecule has 0 saturated carbocycles. The number of nitrogens with zero attached hydrogens (tertiary/aromatic N) is 2. The highest BCUT2D eigenvalue weighted by atomic mass is 16.5. The number of urea groups is 1. The van der Waals surface area contributed by atoms with Gasteiger partial charge in [0.05, 0.1) is 18.1 Å². The van der Waals surface area contributed by atoms with Gasteiger partial charge in [-0.15, -0.1) is 0 Å². The number of nitrogens with one attached hydrogen (secondary N) is 2. The van der Waals surface area contributed by atoms with E-state index in [1.165, 1.54) is 0 Å². The topological polar surface area (TPSA) is 100 Å². The molecule has 0 aromatic heterocycles. The fourth-order valence-corrected chi connectivity index (χ4v) is 4.55. The first-order valence-corrected chi connectivity index (χ1v) is 13.0. The quantitative estimate of drug-likeness (QED) is 0.356. The van der Waals surface area contributed by atoms with Crippen LogP contribution in [-0.4, -0.2) is 80.9 Å². The third-order valence-corrected chi connectivity index (χ3v) is 7.05. The van der Waals surface area contributed by atoms with E-state index in [0.29, 0.717) is 32.5 Å². The third-order valence-electron chi connectivity index (χ3n) is 7.05. The van der Waals surface area contributed by atoms with E-state index in [-0.39, 0.29) is 24.5 Å². The highest BCUT2D eigenvalue weighted by Crippen LogP contribution is 2.46. The molecule has 0 aliphatic carbocycles. The molecule has 2 rings (SSSR count). The van der Waals surface area contributed by atoms with Gasteiger partial charge >= 0.3 is 6.03 Å². The van der Waals surface area contributed by atoms with Crippen molar-refractivity contribution < 1.29 is 23.9 Å². The van der Waals surface area contributed by atoms with Gasteiger partial charge in [0.25, 0.3) is 0 Å².